The van der Waals surface area contributed by atoms with E-state index in [-0.39, 0.29) is 23.1 Å². The third-order valence-electron chi connectivity index (χ3n) is 1.22. The number of benzene rings is 1. The Hall–Kier alpha value is -0.134. The summed E-state index contributed by atoms with van der Waals surface area (Å²) in [6, 6.07) is 10.3. The van der Waals surface area contributed by atoms with Crippen LogP contribution in [0.2, 0.25) is 0 Å². The fourth-order valence-corrected chi connectivity index (χ4v) is 0.781. The standard InChI is InChI=1S/C9H10.Mg.2H2O3S/c1-2-6-9-7-4-3-5-8-9;;2*1-4(2)3/h2-5,7-8H,1,6H2;;2*(H2,1,2,3)/q;+2;;/p-2. The predicted molar refractivity (Wildman–Crippen MR) is 69.2 cm³/mol. The monoisotopic (exact) mass is 304 g/mol. The van der Waals surface area contributed by atoms with E-state index in [1.807, 2.05) is 24.3 Å². The Morgan fingerprint density at radius 2 is 1.44 bits per heavy atom. The minimum atomic E-state index is -2.86. The van der Waals surface area contributed by atoms with Crippen LogP contribution in [0.5, 0.6) is 0 Å². The molecule has 0 heterocycles. The van der Waals surface area contributed by atoms with Crippen molar-refractivity contribution in [3.63, 3.8) is 0 Å². The van der Waals surface area contributed by atoms with Crippen LogP contribution in [0.4, 0.5) is 0 Å². The molecule has 0 fully saturated rings. The minimum Gasteiger partial charge on any atom is -0.750 e. The normalized spacial score (nSPS) is 11.3. The average molecular weight is 305 g/mol. The molecule has 2 N–H and O–H groups in total. The average Bonchev–Trinajstić information content (AvgIpc) is 2.18. The van der Waals surface area contributed by atoms with Crippen molar-refractivity contribution in [1.29, 1.82) is 0 Å². The first-order valence-electron chi connectivity index (χ1n) is 4.11. The summed E-state index contributed by atoms with van der Waals surface area (Å²) in [4.78, 5) is 0. The van der Waals surface area contributed by atoms with Crippen molar-refractivity contribution in [1.82, 2.24) is 0 Å². The number of allylic oxidation sites excluding steroid dienone is 1. The van der Waals surface area contributed by atoms with E-state index in [0.29, 0.717) is 0 Å². The summed E-state index contributed by atoms with van der Waals surface area (Å²) in [6.07, 6.45) is 2.89. The molecule has 2 unspecified atom stereocenters. The number of rotatable bonds is 2. The molecule has 0 spiro atoms. The van der Waals surface area contributed by atoms with Gasteiger partial charge in [-0.15, -0.1) is 6.58 Å². The smallest absolute Gasteiger partial charge is 0.750 e. The van der Waals surface area contributed by atoms with Crippen LogP contribution >= 0.6 is 0 Å². The maximum absolute atomic E-state index is 8.56. The molecule has 1 aromatic carbocycles. The fraction of sp³-hybridized carbons (Fsp3) is 0.111. The van der Waals surface area contributed by atoms with Gasteiger partial charge in [0.2, 0.25) is 0 Å². The number of hydrogen-bond donors (Lipinski definition) is 2. The third-order valence-corrected chi connectivity index (χ3v) is 1.22. The molecule has 0 aliphatic rings. The minimum absolute atomic E-state index is 0. The van der Waals surface area contributed by atoms with Gasteiger partial charge < -0.3 is 18.2 Å². The first kappa shape index (κ1) is 23.0. The van der Waals surface area contributed by atoms with Crippen molar-refractivity contribution in [3.05, 3.63) is 48.6 Å². The van der Waals surface area contributed by atoms with Gasteiger partial charge in [-0.2, -0.15) is 0 Å². The molecule has 0 saturated carbocycles. The quantitative estimate of drug-likeness (QED) is 0.471. The zero-order valence-electron chi connectivity index (χ0n) is 9.43. The van der Waals surface area contributed by atoms with E-state index in [0.717, 1.165) is 6.42 Å². The Bertz CT molecular complexity index is 326. The van der Waals surface area contributed by atoms with E-state index in [1.165, 1.54) is 5.56 Å². The van der Waals surface area contributed by atoms with Crippen molar-refractivity contribution in [2.75, 3.05) is 0 Å². The first-order chi connectivity index (χ1) is 7.90. The summed E-state index contributed by atoms with van der Waals surface area (Å²) in [5.74, 6) is 0. The van der Waals surface area contributed by atoms with E-state index < -0.39 is 22.7 Å². The van der Waals surface area contributed by atoms with Crippen LogP contribution in [-0.2, 0) is 29.1 Å². The molecule has 0 aliphatic heterocycles. The molecule has 0 radical (unpaired) electrons. The molecule has 2 atom stereocenters. The molecule has 1 rings (SSSR count). The Balaban J connectivity index is -0.000000214. The summed E-state index contributed by atoms with van der Waals surface area (Å²) >= 11 is -5.72. The maximum Gasteiger partial charge on any atom is 2.00 e. The SMILES string of the molecule is C=CCc1ccccc1.O=S([O-])O.O=S([O-])O.[Mg+2]. The van der Waals surface area contributed by atoms with Crippen LogP contribution in [0.25, 0.3) is 0 Å². The Kier molecular flexibility index (Phi) is 21.5. The Morgan fingerprint density at radius 3 is 1.72 bits per heavy atom. The zero-order chi connectivity index (χ0) is 13.7. The molecular weight excluding hydrogens is 293 g/mol. The van der Waals surface area contributed by atoms with Gasteiger partial charge in [0.05, 0.1) is 22.7 Å². The van der Waals surface area contributed by atoms with Crippen molar-refractivity contribution in [2.24, 2.45) is 0 Å². The molecule has 9 heteroatoms. The van der Waals surface area contributed by atoms with Gasteiger partial charge in [0, 0.05) is 0 Å². The van der Waals surface area contributed by atoms with Crippen molar-refractivity contribution >= 4 is 45.8 Å². The summed E-state index contributed by atoms with van der Waals surface area (Å²) in [7, 11) is 0. The van der Waals surface area contributed by atoms with Gasteiger partial charge >= 0.3 is 23.1 Å². The molecule has 18 heavy (non-hydrogen) atoms. The second kappa shape index (κ2) is 16.9. The first-order valence-corrected chi connectivity index (χ1v) is 6.18. The zero-order valence-corrected chi connectivity index (χ0v) is 12.5. The molecule has 0 aromatic heterocycles. The van der Waals surface area contributed by atoms with Gasteiger partial charge in [0.1, 0.15) is 0 Å². The summed E-state index contributed by atoms with van der Waals surface area (Å²) in [5, 5.41) is 0. The third kappa shape index (κ3) is 29.7. The van der Waals surface area contributed by atoms with E-state index in [9.17, 15) is 0 Å². The Labute approximate surface area is 127 Å². The summed E-state index contributed by atoms with van der Waals surface area (Å²) in [6.45, 7) is 3.66. The van der Waals surface area contributed by atoms with Gasteiger partial charge in [-0.1, -0.05) is 36.4 Å². The fourth-order valence-electron chi connectivity index (χ4n) is 0.781. The second-order valence-electron chi connectivity index (χ2n) is 2.41. The summed E-state index contributed by atoms with van der Waals surface area (Å²) in [5.41, 5.74) is 1.33. The largest absolute Gasteiger partial charge is 2.00 e. The van der Waals surface area contributed by atoms with Crippen molar-refractivity contribution < 1.29 is 26.6 Å². The van der Waals surface area contributed by atoms with Gasteiger partial charge in [-0.3, -0.25) is 0 Å². The van der Waals surface area contributed by atoms with Crippen LogP contribution in [0.1, 0.15) is 5.56 Å². The van der Waals surface area contributed by atoms with Gasteiger partial charge in [0.25, 0.3) is 0 Å². The molecule has 0 bridgehead atoms. The second-order valence-corrected chi connectivity index (χ2v) is 3.28. The van der Waals surface area contributed by atoms with Gasteiger partial charge in [0.15, 0.2) is 0 Å². The molecule has 0 aliphatic carbocycles. The molecule has 0 amide bonds. The van der Waals surface area contributed by atoms with E-state index in [4.69, 9.17) is 26.6 Å². The Morgan fingerprint density at radius 1 is 1.11 bits per heavy atom. The molecule has 98 valence electrons. The molecule has 1 aromatic rings. The predicted octanol–water partition coefficient (Wildman–Crippen LogP) is 0.711. The van der Waals surface area contributed by atoms with E-state index in [2.05, 4.69) is 18.7 Å². The van der Waals surface area contributed by atoms with Crippen LogP contribution in [0, 0.1) is 0 Å². The van der Waals surface area contributed by atoms with Crippen LogP contribution < -0.4 is 0 Å². The summed E-state index contributed by atoms with van der Waals surface area (Å²) < 4.78 is 48.2. The van der Waals surface area contributed by atoms with E-state index in [1.54, 1.807) is 0 Å². The topological polar surface area (TPSA) is 121 Å². The maximum atomic E-state index is 8.56. The van der Waals surface area contributed by atoms with Crippen LogP contribution in [0.3, 0.4) is 0 Å². The molecule has 6 nitrogen and oxygen atoms in total. The van der Waals surface area contributed by atoms with Crippen LogP contribution in [0.15, 0.2) is 43.0 Å². The number of hydrogen-bond acceptors (Lipinski definition) is 4. The molecular formula is C9H12MgO6S2. The van der Waals surface area contributed by atoms with Gasteiger partial charge in [-0.05, 0) is 12.0 Å². The molecule has 0 saturated heterocycles. The van der Waals surface area contributed by atoms with E-state index >= 15 is 0 Å². The van der Waals surface area contributed by atoms with Crippen LogP contribution in [-0.4, -0.2) is 49.7 Å². The van der Waals surface area contributed by atoms with Crippen molar-refractivity contribution in [3.8, 4) is 0 Å². The van der Waals surface area contributed by atoms with Gasteiger partial charge in [-0.25, -0.2) is 8.42 Å². The van der Waals surface area contributed by atoms with Crippen molar-refractivity contribution in [2.45, 2.75) is 6.42 Å².